The van der Waals surface area contributed by atoms with Gasteiger partial charge >= 0.3 is 0 Å². The number of carbonyl (C=O) groups excluding carboxylic acids is 4. The molecule has 3 atom stereocenters. The van der Waals surface area contributed by atoms with E-state index in [9.17, 15) is 19.2 Å². The van der Waals surface area contributed by atoms with Gasteiger partial charge in [-0.2, -0.15) is 0 Å². The van der Waals surface area contributed by atoms with Crippen LogP contribution in [0.3, 0.4) is 0 Å². The van der Waals surface area contributed by atoms with Crippen molar-refractivity contribution < 1.29 is 19.2 Å². The maximum atomic E-state index is 14.0. The lowest BCUT2D eigenvalue weighted by Crippen LogP contribution is -2.61. The minimum Gasteiger partial charge on any atom is -0.340 e. The van der Waals surface area contributed by atoms with Crippen molar-refractivity contribution in [1.29, 1.82) is 0 Å². The van der Waals surface area contributed by atoms with Gasteiger partial charge in [0.05, 0.1) is 14.9 Å². The van der Waals surface area contributed by atoms with Crippen LogP contribution >= 0.6 is 34.5 Å². The molecule has 11 heteroatoms. The molecule has 2 aliphatic heterocycles. The van der Waals surface area contributed by atoms with Crippen molar-refractivity contribution >= 4 is 73.9 Å². The highest BCUT2D eigenvalue weighted by Gasteiger charge is 2.46. The summed E-state index contributed by atoms with van der Waals surface area (Å²) in [6, 6.07) is 12.5. The van der Waals surface area contributed by atoms with Crippen LogP contribution in [0.25, 0.3) is 10.1 Å². The highest BCUT2D eigenvalue weighted by molar-refractivity contribution is 7.20. The van der Waals surface area contributed by atoms with Gasteiger partial charge in [-0.15, -0.1) is 11.3 Å². The van der Waals surface area contributed by atoms with Crippen LogP contribution in [0.5, 0.6) is 0 Å². The summed E-state index contributed by atoms with van der Waals surface area (Å²) in [6.45, 7) is 1.93. The molecule has 0 spiro atoms. The van der Waals surface area contributed by atoms with E-state index in [2.05, 4.69) is 5.32 Å². The number of nitrogens with zero attached hydrogens (tertiary/aromatic N) is 3. The van der Waals surface area contributed by atoms with Crippen molar-refractivity contribution in [1.82, 2.24) is 15.1 Å². The predicted octanol–water partition coefficient (Wildman–Crippen LogP) is 4.58. The smallest absolute Gasteiger partial charge is 0.262 e. The van der Waals surface area contributed by atoms with Crippen molar-refractivity contribution in [3.05, 3.63) is 63.5 Å². The second-order valence-corrected chi connectivity index (χ2v) is 11.8. The zero-order chi connectivity index (χ0) is 27.8. The van der Waals surface area contributed by atoms with E-state index < -0.39 is 12.1 Å². The summed E-state index contributed by atoms with van der Waals surface area (Å²) in [7, 11) is 1.64. The Bertz CT molecular complexity index is 1430. The molecule has 5 rings (SSSR count). The molecule has 1 N–H and O–H groups in total. The number of halogens is 2. The number of thiophene rings is 1. The third kappa shape index (κ3) is 5.48. The van der Waals surface area contributed by atoms with E-state index in [0.717, 1.165) is 10.1 Å². The molecule has 2 saturated heterocycles. The summed E-state index contributed by atoms with van der Waals surface area (Å²) in [5, 5.41) is 4.53. The number of likely N-dealkylation sites (N-methyl/N-ethyl adjacent to an activating group) is 1. The monoisotopic (exact) mass is 586 g/mol. The molecule has 0 saturated carbocycles. The first-order valence-electron chi connectivity index (χ1n) is 12.7. The van der Waals surface area contributed by atoms with Crippen LogP contribution in [0.1, 0.15) is 35.9 Å². The zero-order valence-electron chi connectivity index (χ0n) is 21.5. The first kappa shape index (κ1) is 27.4. The zero-order valence-corrected chi connectivity index (χ0v) is 23.9. The van der Waals surface area contributed by atoms with E-state index in [1.807, 2.05) is 24.3 Å². The second-order valence-electron chi connectivity index (χ2n) is 9.92. The molecular formula is C28H28Cl2N4O4S. The van der Waals surface area contributed by atoms with Crippen molar-refractivity contribution in [2.75, 3.05) is 25.0 Å². The van der Waals surface area contributed by atoms with Crippen LogP contribution in [0.4, 0.5) is 5.69 Å². The van der Waals surface area contributed by atoms with Crippen molar-refractivity contribution in [2.45, 2.75) is 44.3 Å². The van der Waals surface area contributed by atoms with Gasteiger partial charge in [0.25, 0.3) is 5.91 Å². The SMILES string of the molecule is CC(=O)N1CC[C@H]2CC[C@@H](C(=O)N(C)c3ccc(Cl)c(Cl)c3)N2C(=O)[C@@H](NC(=O)c2cc3ccccc3s2)C1. The van der Waals surface area contributed by atoms with E-state index in [0.29, 0.717) is 46.4 Å². The Hall–Kier alpha value is -3.14. The summed E-state index contributed by atoms with van der Waals surface area (Å²) in [6.07, 6.45) is 1.67. The van der Waals surface area contributed by atoms with E-state index in [1.54, 1.807) is 41.1 Å². The summed E-state index contributed by atoms with van der Waals surface area (Å²) in [4.78, 5) is 58.5. The van der Waals surface area contributed by atoms with E-state index in [1.165, 1.54) is 23.2 Å². The molecule has 204 valence electrons. The van der Waals surface area contributed by atoms with Crippen LogP contribution in [0.2, 0.25) is 10.0 Å². The van der Waals surface area contributed by atoms with Gasteiger partial charge in [-0.05, 0) is 55.0 Å². The molecule has 3 heterocycles. The van der Waals surface area contributed by atoms with Crippen molar-refractivity contribution in [3.8, 4) is 0 Å². The molecule has 0 aliphatic carbocycles. The minimum absolute atomic E-state index is 0.0392. The highest BCUT2D eigenvalue weighted by Crippen LogP contribution is 2.33. The van der Waals surface area contributed by atoms with E-state index >= 15 is 0 Å². The maximum Gasteiger partial charge on any atom is 0.262 e. The normalized spacial score (nSPS) is 21.3. The highest BCUT2D eigenvalue weighted by atomic mass is 35.5. The molecule has 1 aromatic heterocycles. The molecule has 8 nitrogen and oxygen atoms in total. The first-order valence-corrected chi connectivity index (χ1v) is 14.3. The molecule has 4 amide bonds. The number of benzene rings is 2. The lowest BCUT2D eigenvalue weighted by Gasteiger charge is -2.39. The predicted molar refractivity (Wildman–Crippen MR) is 153 cm³/mol. The van der Waals surface area contributed by atoms with Gasteiger partial charge in [0.15, 0.2) is 0 Å². The number of hydrogen-bond donors (Lipinski definition) is 1. The van der Waals surface area contributed by atoms with Crippen molar-refractivity contribution in [3.63, 3.8) is 0 Å². The third-order valence-electron chi connectivity index (χ3n) is 7.50. The Labute approximate surface area is 240 Å². The molecule has 0 radical (unpaired) electrons. The number of anilines is 1. The lowest BCUT2D eigenvalue weighted by molar-refractivity contribution is -0.144. The molecule has 0 unspecified atom stereocenters. The fraction of sp³-hybridized carbons (Fsp3) is 0.357. The Morgan fingerprint density at radius 3 is 2.51 bits per heavy atom. The largest absolute Gasteiger partial charge is 0.340 e. The van der Waals surface area contributed by atoms with Gasteiger partial charge in [-0.1, -0.05) is 41.4 Å². The summed E-state index contributed by atoms with van der Waals surface area (Å²) in [5.41, 5.74) is 0.565. The van der Waals surface area contributed by atoms with Crippen LogP contribution in [0, 0.1) is 0 Å². The maximum absolute atomic E-state index is 14.0. The van der Waals surface area contributed by atoms with Gasteiger partial charge in [0.1, 0.15) is 12.1 Å². The van der Waals surface area contributed by atoms with Crippen LogP contribution in [0.15, 0.2) is 48.5 Å². The average molecular weight is 588 g/mol. The Balaban J connectivity index is 1.41. The summed E-state index contributed by atoms with van der Waals surface area (Å²) < 4.78 is 0.965. The van der Waals surface area contributed by atoms with Gasteiger partial charge in [0, 0.05) is 43.5 Å². The van der Waals surface area contributed by atoms with Crippen LogP contribution < -0.4 is 10.2 Å². The fourth-order valence-electron chi connectivity index (χ4n) is 5.38. The van der Waals surface area contributed by atoms with E-state index in [4.69, 9.17) is 23.2 Å². The molecule has 2 fully saturated rings. The number of hydrogen-bond acceptors (Lipinski definition) is 5. The quantitative estimate of drug-likeness (QED) is 0.484. The Kier molecular flexibility index (Phi) is 7.84. The van der Waals surface area contributed by atoms with Gasteiger partial charge in [-0.3, -0.25) is 19.2 Å². The minimum atomic E-state index is -0.988. The molecule has 2 aromatic carbocycles. The van der Waals surface area contributed by atoms with Gasteiger partial charge in [-0.25, -0.2) is 0 Å². The third-order valence-corrected chi connectivity index (χ3v) is 9.35. The summed E-state index contributed by atoms with van der Waals surface area (Å²) in [5.74, 6) is -1.16. The summed E-state index contributed by atoms with van der Waals surface area (Å²) >= 11 is 13.6. The second kappa shape index (κ2) is 11.2. The number of nitrogens with one attached hydrogen (secondary N) is 1. The van der Waals surface area contributed by atoms with Crippen LogP contribution in [-0.4, -0.2) is 71.7 Å². The number of rotatable bonds is 4. The number of fused-ring (bicyclic) bond motifs is 2. The lowest BCUT2D eigenvalue weighted by atomic mass is 10.1. The first-order chi connectivity index (χ1) is 18.6. The number of carbonyl (C=O) groups is 4. The van der Waals surface area contributed by atoms with Crippen molar-refractivity contribution in [2.24, 2.45) is 0 Å². The fourth-order valence-corrected chi connectivity index (χ4v) is 6.64. The van der Waals surface area contributed by atoms with Crippen LogP contribution in [-0.2, 0) is 14.4 Å². The Morgan fingerprint density at radius 2 is 1.79 bits per heavy atom. The van der Waals surface area contributed by atoms with Gasteiger partial charge < -0.3 is 20.0 Å². The Morgan fingerprint density at radius 1 is 1.03 bits per heavy atom. The molecule has 39 heavy (non-hydrogen) atoms. The number of amides is 4. The molecule has 3 aromatic rings. The standard InChI is InChI=1S/C28H28Cl2N4O4S/c1-16(35)33-12-11-18-8-10-23(28(38)32(2)19-7-9-20(29)21(30)14-19)34(18)27(37)22(15-33)31-26(36)25-13-17-5-3-4-6-24(17)39-25/h3-7,9,13-14,18,22-23H,8,10-12,15H2,1-2H3,(H,31,36)/t18-,22+,23+/m1/s1. The molecule has 2 aliphatic rings. The molecule has 0 bridgehead atoms. The molecular weight excluding hydrogens is 559 g/mol. The van der Waals surface area contributed by atoms with Gasteiger partial charge in [0.2, 0.25) is 17.7 Å². The topological polar surface area (TPSA) is 90.0 Å². The van der Waals surface area contributed by atoms with E-state index in [-0.39, 0.29) is 36.2 Å². The average Bonchev–Trinajstić information content (AvgIpc) is 3.54.